The third-order valence-corrected chi connectivity index (χ3v) is 4.84. The second-order valence-electron chi connectivity index (χ2n) is 7.25. The number of aliphatic hydroxyl groups excluding tert-OH is 1. The number of nitrogens with zero attached hydrogens (tertiary/aromatic N) is 3. The molecule has 2 atom stereocenters. The Hall–Kier alpha value is -2.41. The zero-order valence-corrected chi connectivity index (χ0v) is 16.1. The van der Waals surface area contributed by atoms with Crippen LogP contribution in [-0.2, 0) is 23.2 Å². The summed E-state index contributed by atoms with van der Waals surface area (Å²) >= 11 is 0. The topological polar surface area (TPSA) is 86.5 Å². The summed E-state index contributed by atoms with van der Waals surface area (Å²) in [6.07, 6.45) is 6.67. The van der Waals surface area contributed by atoms with Crippen LogP contribution < -0.4 is 4.74 Å². The average molecular weight is 373 g/mol. The molecule has 27 heavy (non-hydrogen) atoms. The number of rotatable bonds is 6. The van der Waals surface area contributed by atoms with Crippen LogP contribution in [0.3, 0.4) is 0 Å². The monoisotopic (exact) mass is 373 g/mol. The minimum atomic E-state index is -0.125. The maximum atomic E-state index is 12.2. The smallest absolute Gasteiger partial charge is 0.309 e. The van der Waals surface area contributed by atoms with Gasteiger partial charge in [0, 0.05) is 12.6 Å². The first-order valence-electron chi connectivity index (χ1n) is 9.43. The standard InChI is InChI=1S/C20H27N3O4/c1-13(2)26-20(25)14-5-4-6-15(9-14)27-16-7-8-18(21-10-16)17-11-22-23(3)19(17)12-24/h7-8,10-11,13-15,24H,4-6,9,12H2,1-3H3/t14-,15-/m0/s1. The molecule has 1 fully saturated rings. The van der Waals surface area contributed by atoms with Crippen molar-refractivity contribution in [1.29, 1.82) is 0 Å². The van der Waals surface area contributed by atoms with E-state index in [-0.39, 0.29) is 30.7 Å². The number of pyridine rings is 1. The number of ether oxygens (including phenoxy) is 2. The number of hydrogen-bond donors (Lipinski definition) is 1. The van der Waals surface area contributed by atoms with Crippen molar-refractivity contribution in [2.75, 3.05) is 0 Å². The van der Waals surface area contributed by atoms with E-state index in [1.54, 1.807) is 24.1 Å². The van der Waals surface area contributed by atoms with E-state index in [0.717, 1.165) is 36.2 Å². The average Bonchev–Trinajstić information content (AvgIpc) is 3.02. The predicted molar refractivity (Wildman–Crippen MR) is 100.0 cm³/mol. The molecular weight excluding hydrogens is 346 g/mol. The van der Waals surface area contributed by atoms with Crippen LogP contribution in [0.1, 0.15) is 45.2 Å². The van der Waals surface area contributed by atoms with Crippen molar-refractivity contribution in [3.8, 4) is 17.0 Å². The quantitative estimate of drug-likeness (QED) is 0.784. The zero-order chi connectivity index (χ0) is 19.4. The van der Waals surface area contributed by atoms with E-state index >= 15 is 0 Å². The molecule has 146 valence electrons. The number of carbonyl (C=O) groups excluding carboxylic acids is 1. The third-order valence-electron chi connectivity index (χ3n) is 4.84. The molecule has 2 aromatic rings. The first-order chi connectivity index (χ1) is 13.0. The van der Waals surface area contributed by atoms with Crippen molar-refractivity contribution < 1.29 is 19.4 Å². The molecule has 2 heterocycles. The number of esters is 1. The minimum Gasteiger partial charge on any atom is -0.489 e. The first-order valence-corrected chi connectivity index (χ1v) is 9.43. The molecule has 0 aliphatic heterocycles. The van der Waals surface area contributed by atoms with Gasteiger partial charge in [-0.05, 0) is 51.7 Å². The van der Waals surface area contributed by atoms with Gasteiger partial charge in [-0.1, -0.05) is 0 Å². The molecule has 0 amide bonds. The molecule has 1 saturated carbocycles. The predicted octanol–water partition coefficient (Wildman–Crippen LogP) is 2.86. The lowest BCUT2D eigenvalue weighted by molar-refractivity contribution is -0.154. The van der Waals surface area contributed by atoms with Crippen LogP contribution in [0, 0.1) is 5.92 Å². The molecule has 0 aromatic carbocycles. The summed E-state index contributed by atoms with van der Waals surface area (Å²) in [5.41, 5.74) is 2.26. The Balaban J connectivity index is 1.63. The van der Waals surface area contributed by atoms with Crippen LogP contribution in [0.4, 0.5) is 0 Å². The van der Waals surface area contributed by atoms with Gasteiger partial charge in [-0.3, -0.25) is 14.5 Å². The van der Waals surface area contributed by atoms with Gasteiger partial charge in [0.25, 0.3) is 0 Å². The van der Waals surface area contributed by atoms with Crippen LogP contribution in [0.5, 0.6) is 5.75 Å². The van der Waals surface area contributed by atoms with Crippen LogP contribution in [-0.4, -0.2) is 38.0 Å². The van der Waals surface area contributed by atoms with Crippen molar-refractivity contribution in [3.63, 3.8) is 0 Å². The first kappa shape index (κ1) is 19.4. The van der Waals surface area contributed by atoms with E-state index in [4.69, 9.17) is 9.47 Å². The molecule has 1 aliphatic carbocycles. The number of carbonyl (C=O) groups is 1. The summed E-state index contributed by atoms with van der Waals surface area (Å²) in [6.45, 7) is 3.64. The minimum absolute atomic E-state index is 0.0116. The summed E-state index contributed by atoms with van der Waals surface area (Å²) in [4.78, 5) is 16.6. The van der Waals surface area contributed by atoms with Gasteiger partial charge in [-0.2, -0.15) is 5.10 Å². The summed E-state index contributed by atoms with van der Waals surface area (Å²) in [5, 5.41) is 13.7. The molecule has 7 heteroatoms. The summed E-state index contributed by atoms with van der Waals surface area (Å²) < 4.78 is 13.0. The fourth-order valence-corrected chi connectivity index (χ4v) is 3.46. The van der Waals surface area contributed by atoms with Crippen molar-refractivity contribution in [3.05, 3.63) is 30.2 Å². The lowest BCUT2D eigenvalue weighted by Gasteiger charge is -2.28. The maximum Gasteiger partial charge on any atom is 0.309 e. The molecule has 0 radical (unpaired) electrons. The highest BCUT2D eigenvalue weighted by molar-refractivity contribution is 5.72. The summed E-state index contributed by atoms with van der Waals surface area (Å²) in [6, 6.07) is 3.73. The van der Waals surface area contributed by atoms with Crippen molar-refractivity contribution >= 4 is 5.97 Å². The van der Waals surface area contributed by atoms with Gasteiger partial charge in [0.2, 0.25) is 0 Å². The number of aliphatic hydroxyl groups is 1. The van der Waals surface area contributed by atoms with Crippen LogP contribution in [0.15, 0.2) is 24.5 Å². The SMILES string of the molecule is CC(C)OC(=O)[C@H]1CCC[C@H](Oc2ccc(-c3cnn(C)c3CO)nc2)C1. The maximum absolute atomic E-state index is 12.2. The van der Waals surface area contributed by atoms with Gasteiger partial charge in [0.1, 0.15) is 5.75 Å². The fraction of sp³-hybridized carbons (Fsp3) is 0.550. The zero-order valence-electron chi connectivity index (χ0n) is 16.1. The molecule has 1 N–H and O–H groups in total. The highest BCUT2D eigenvalue weighted by Gasteiger charge is 2.30. The fourth-order valence-electron chi connectivity index (χ4n) is 3.46. The molecule has 0 saturated heterocycles. The molecule has 1 aliphatic rings. The van der Waals surface area contributed by atoms with E-state index in [1.807, 2.05) is 26.0 Å². The Bertz CT molecular complexity index is 770. The third kappa shape index (κ3) is 4.66. The highest BCUT2D eigenvalue weighted by atomic mass is 16.5. The second-order valence-corrected chi connectivity index (χ2v) is 7.25. The number of aromatic nitrogens is 3. The lowest BCUT2D eigenvalue weighted by atomic mass is 9.87. The van der Waals surface area contributed by atoms with Crippen LogP contribution in [0.25, 0.3) is 11.3 Å². The van der Waals surface area contributed by atoms with Gasteiger partial charge >= 0.3 is 5.97 Å². The summed E-state index contributed by atoms with van der Waals surface area (Å²) in [7, 11) is 1.79. The Morgan fingerprint density at radius 3 is 2.81 bits per heavy atom. The Kier molecular flexibility index (Phi) is 6.11. The van der Waals surface area contributed by atoms with Crippen molar-refractivity contribution in [1.82, 2.24) is 14.8 Å². The van der Waals surface area contributed by atoms with E-state index in [2.05, 4.69) is 10.1 Å². The van der Waals surface area contributed by atoms with E-state index < -0.39 is 0 Å². The summed E-state index contributed by atoms with van der Waals surface area (Å²) in [5.74, 6) is 0.455. The van der Waals surface area contributed by atoms with Gasteiger partial charge in [-0.25, -0.2) is 0 Å². The van der Waals surface area contributed by atoms with E-state index in [9.17, 15) is 9.90 Å². The largest absolute Gasteiger partial charge is 0.489 e. The molecule has 0 unspecified atom stereocenters. The van der Waals surface area contributed by atoms with Crippen LogP contribution in [0.2, 0.25) is 0 Å². The normalized spacial score (nSPS) is 19.9. The van der Waals surface area contributed by atoms with Gasteiger partial charge < -0.3 is 14.6 Å². The molecule has 0 spiro atoms. The Labute approximate surface area is 159 Å². The second kappa shape index (κ2) is 8.52. The van der Waals surface area contributed by atoms with Crippen molar-refractivity contribution in [2.45, 2.75) is 58.3 Å². The number of hydrogen-bond acceptors (Lipinski definition) is 6. The highest BCUT2D eigenvalue weighted by Crippen LogP contribution is 2.30. The molecule has 3 rings (SSSR count). The molecular formula is C20H27N3O4. The number of aryl methyl sites for hydroxylation is 1. The molecule has 0 bridgehead atoms. The Morgan fingerprint density at radius 1 is 1.33 bits per heavy atom. The van der Waals surface area contributed by atoms with Gasteiger partial charge in [-0.15, -0.1) is 0 Å². The van der Waals surface area contributed by atoms with E-state index in [1.165, 1.54) is 0 Å². The Morgan fingerprint density at radius 2 is 2.15 bits per heavy atom. The van der Waals surface area contributed by atoms with E-state index in [0.29, 0.717) is 12.2 Å². The lowest BCUT2D eigenvalue weighted by Crippen LogP contribution is -2.31. The van der Waals surface area contributed by atoms with Crippen LogP contribution >= 0.6 is 0 Å². The van der Waals surface area contributed by atoms with Gasteiger partial charge in [0.15, 0.2) is 0 Å². The van der Waals surface area contributed by atoms with Crippen molar-refractivity contribution in [2.24, 2.45) is 13.0 Å². The van der Waals surface area contributed by atoms with Gasteiger partial charge in [0.05, 0.1) is 48.5 Å². The molecule has 2 aromatic heterocycles. The molecule has 7 nitrogen and oxygen atoms in total.